The Labute approximate surface area is 158 Å². The van der Waals surface area contributed by atoms with Gasteiger partial charge in [0.05, 0.1) is 13.2 Å². The normalized spacial score (nSPS) is 11.1. The fourth-order valence-electron chi connectivity index (χ4n) is 1.89. The van der Waals surface area contributed by atoms with Gasteiger partial charge in [-0.15, -0.1) is 0 Å². The molecule has 0 bridgehead atoms. The Morgan fingerprint density at radius 1 is 1.09 bits per heavy atom. The highest BCUT2D eigenvalue weighted by atomic mass is 127. The van der Waals surface area contributed by atoms with Gasteiger partial charge in [0.25, 0.3) is 0 Å². The van der Waals surface area contributed by atoms with E-state index in [1.54, 1.807) is 6.08 Å². The van der Waals surface area contributed by atoms with Crippen LogP contribution in [0.25, 0.3) is 6.08 Å². The predicted molar refractivity (Wildman–Crippen MR) is 107 cm³/mol. The number of ketones is 1. The third-order valence-electron chi connectivity index (χ3n) is 2.86. The smallest absolute Gasteiger partial charge is 0.185 e. The molecule has 0 atom stereocenters. The molecule has 114 valence electrons. The Hall–Kier alpha value is -0.890. The average molecular weight is 518 g/mol. The summed E-state index contributed by atoms with van der Waals surface area (Å²) in [4.78, 5) is 12.1. The van der Waals surface area contributed by atoms with Gasteiger partial charge in [-0.2, -0.15) is 0 Å². The molecule has 0 aromatic heterocycles. The molecule has 0 N–H and O–H groups in total. The van der Waals surface area contributed by atoms with Gasteiger partial charge in [-0.25, -0.2) is 0 Å². The molecule has 0 radical (unpaired) electrons. The first-order valence-electron chi connectivity index (χ1n) is 6.90. The van der Waals surface area contributed by atoms with Gasteiger partial charge in [-0.3, -0.25) is 4.79 Å². The van der Waals surface area contributed by atoms with Gasteiger partial charge in [0, 0.05) is 5.56 Å². The Kier molecular flexibility index (Phi) is 6.43. The summed E-state index contributed by atoms with van der Waals surface area (Å²) in [5.41, 5.74) is 1.69. The molecular formula is C18H16I2O2. The van der Waals surface area contributed by atoms with Crippen molar-refractivity contribution >= 4 is 57.0 Å². The minimum absolute atomic E-state index is 0.00752. The summed E-state index contributed by atoms with van der Waals surface area (Å²) in [5, 5.41) is 0. The largest absolute Gasteiger partial charge is 0.489 e. The van der Waals surface area contributed by atoms with Crippen molar-refractivity contribution in [2.24, 2.45) is 0 Å². The number of halogens is 2. The van der Waals surface area contributed by atoms with Crippen molar-refractivity contribution in [3.63, 3.8) is 0 Å². The van der Waals surface area contributed by atoms with Crippen LogP contribution in [0.2, 0.25) is 0 Å². The fourth-order valence-corrected chi connectivity index (χ4v) is 3.97. The first-order valence-corrected chi connectivity index (χ1v) is 9.06. The molecule has 0 saturated heterocycles. The van der Waals surface area contributed by atoms with E-state index in [2.05, 4.69) is 45.2 Å². The molecule has 2 rings (SSSR count). The van der Waals surface area contributed by atoms with Gasteiger partial charge in [0.1, 0.15) is 5.75 Å². The van der Waals surface area contributed by atoms with Gasteiger partial charge in [0.2, 0.25) is 0 Å². The molecule has 0 saturated carbocycles. The predicted octanol–water partition coefficient (Wildman–Crippen LogP) is 5.58. The molecular weight excluding hydrogens is 502 g/mol. The molecule has 2 nitrogen and oxygen atoms in total. The van der Waals surface area contributed by atoms with Crippen LogP contribution in [0.4, 0.5) is 0 Å². The van der Waals surface area contributed by atoms with Crippen molar-refractivity contribution in [1.29, 1.82) is 0 Å². The van der Waals surface area contributed by atoms with E-state index in [9.17, 15) is 4.79 Å². The van der Waals surface area contributed by atoms with Crippen LogP contribution in [0.5, 0.6) is 5.75 Å². The fraction of sp³-hybridized carbons (Fsp3) is 0.167. The molecule has 4 heteroatoms. The van der Waals surface area contributed by atoms with Crippen LogP contribution in [-0.4, -0.2) is 11.9 Å². The number of allylic oxidation sites excluding steroid dienone is 1. The van der Waals surface area contributed by atoms with Crippen molar-refractivity contribution in [1.82, 2.24) is 0 Å². The zero-order chi connectivity index (χ0) is 16.1. The zero-order valence-electron chi connectivity index (χ0n) is 12.3. The lowest BCUT2D eigenvalue weighted by molar-refractivity contribution is 0.104. The molecule has 0 aliphatic carbocycles. The van der Waals surface area contributed by atoms with Gasteiger partial charge in [-0.05, 0) is 82.8 Å². The molecule has 22 heavy (non-hydrogen) atoms. The highest BCUT2D eigenvalue weighted by molar-refractivity contribution is 14.1. The van der Waals surface area contributed by atoms with Gasteiger partial charge < -0.3 is 4.74 Å². The lowest BCUT2D eigenvalue weighted by Crippen LogP contribution is -2.08. The lowest BCUT2D eigenvalue weighted by atomic mass is 10.1. The van der Waals surface area contributed by atoms with E-state index < -0.39 is 0 Å². The molecule has 0 aliphatic rings. The summed E-state index contributed by atoms with van der Waals surface area (Å²) in [5.74, 6) is 0.913. The second-order valence-corrected chi connectivity index (χ2v) is 7.37. The van der Waals surface area contributed by atoms with Crippen LogP contribution in [0.15, 0.2) is 48.5 Å². The minimum Gasteiger partial charge on any atom is -0.489 e. The van der Waals surface area contributed by atoms with Gasteiger partial charge in [-0.1, -0.05) is 36.4 Å². The summed E-state index contributed by atoms with van der Waals surface area (Å²) >= 11 is 4.53. The van der Waals surface area contributed by atoms with E-state index in [1.807, 2.05) is 62.4 Å². The van der Waals surface area contributed by atoms with E-state index in [1.165, 1.54) is 0 Å². The molecule has 0 heterocycles. The molecule has 2 aromatic rings. The van der Waals surface area contributed by atoms with Crippen molar-refractivity contribution < 1.29 is 9.53 Å². The van der Waals surface area contributed by atoms with Crippen molar-refractivity contribution in [3.05, 3.63) is 66.8 Å². The van der Waals surface area contributed by atoms with Crippen LogP contribution in [0.1, 0.15) is 29.8 Å². The number of carbonyl (C=O) groups excluding carboxylic acids is 1. The number of hydrogen-bond donors (Lipinski definition) is 0. The Morgan fingerprint density at radius 2 is 1.68 bits per heavy atom. The van der Waals surface area contributed by atoms with Crippen LogP contribution in [0, 0.1) is 7.14 Å². The highest BCUT2D eigenvalue weighted by Crippen LogP contribution is 2.30. The number of hydrogen-bond acceptors (Lipinski definition) is 2. The zero-order valence-corrected chi connectivity index (χ0v) is 16.7. The van der Waals surface area contributed by atoms with Crippen LogP contribution < -0.4 is 4.74 Å². The van der Waals surface area contributed by atoms with Gasteiger partial charge in [0.15, 0.2) is 5.78 Å². The number of carbonyl (C=O) groups is 1. The third-order valence-corrected chi connectivity index (χ3v) is 4.46. The molecule has 2 aromatic carbocycles. The molecule has 0 fully saturated rings. The Bertz CT molecular complexity index is 668. The molecule has 0 spiro atoms. The molecule has 0 unspecified atom stereocenters. The van der Waals surface area contributed by atoms with Crippen molar-refractivity contribution in [2.45, 2.75) is 20.0 Å². The standard InChI is InChI=1S/C18H16I2O2/c1-12(2)22-18-15(19)10-13(11-16(18)20)8-9-17(21)14-6-4-3-5-7-14/h3-12H,1-2H3/b9-8+. The van der Waals surface area contributed by atoms with E-state index in [0.717, 1.165) is 18.5 Å². The van der Waals surface area contributed by atoms with Crippen molar-refractivity contribution in [2.75, 3.05) is 0 Å². The first kappa shape index (κ1) is 17.5. The van der Waals surface area contributed by atoms with Crippen LogP contribution in [0.3, 0.4) is 0 Å². The van der Waals surface area contributed by atoms with Crippen LogP contribution >= 0.6 is 45.2 Å². The molecule has 0 aliphatic heterocycles. The van der Waals surface area contributed by atoms with Crippen LogP contribution in [-0.2, 0) is 0 Å². The Morgan fingerprint density at radius 3 is 2.23 bits per heavy atom. The maximum absolute atomic E-state index is 12.1. The maximum Gasteiger partial charge on any atom is 0.185 e. The summed E-state index contributed by atoms with van der Waals surface area (Å²) in [7, 11) is 0. The van der Waals surface area contributed by atoms with E-state index in [-0.39, 0.29) is 11.9 Å². The first-order chi connectivity index (χ1) is 10.5. The maximum atomic E-state index is 12.1. The summed E-state index contributed by atoms with van der Waals surface area (Å²) < 4.78 is 7.91. The number of rotatable bonds is 5. The monoisotopic (exact) mass is 518 g/mol. The number of ether oxygens (including phenoxy) is 1. The topological polar surface area (TPSA) is 26.3 Å². The molecule has 0 amide bonds. The van der Waals surface area contributed by atoms with E-state index in [4.69, 9.17) is 4.74 Å². The Balaban J connectivity index is 2.20. The van der Waals surface area contributed by atoms with Crippen molar-refractivity contribution in [3.8, 4) is 5.75 Å². The second-order valence-electron chi connectivity index (χ2n) is 5.04. The van der Waals surface area contributed by atoms with E-state index in [0.29, 0.717) is 5.56 Å². The summed E-state index contributed by atoms with van der Waals surface area (Å²) in [6, 6.07) is 13.3. The summed E-state index contributed by atoms with van der Waals surface area (Å²) in [6.45, 7) is 4.02. The quantitative estimate of drug-likeness (QED) is 0.294. The number of benzene rings is 2. The lowest BCUT2D eigenvalue weighted by Gasteiger charge is -2.14. The highest BCUT2D eigenvalue weighted by Gasteiger charge is 2.10. The minimum atomic E-state index is 0.00752. The second kappa shape index (κ2) is 8.10. The van der Waals surface area contributed by atoms with E-state index >= 15 is 0 Å². The third kappa shape index (κ3) is 4.81. The SMILES string of the molecule is CC(C)Oc1c(I)cc(/C=C/C(=O)c2ccccc2)cc1I. The summed E-state index contributed by atoms with van der Waals surface area (Å²) in [6.07, 6.45) is 3.60. The van der Waals surface area contributed by atoms with Gasteiger partial charge >= 0.3 is 0 Å². The average Bonchev–Trinajstić information content (AvgIpc) is 2.49.